The number of anilines is 2. The predicted octanol–water partition coefficient (Wildman–Crippen LogP) is 2.02. The fourth-order valence-corrected chi connectivity index (χ4v) is 1.49. The van der Waals surface area contributed by atoms with E-state index in [2.05, 4.69) is 10.6 Å². The maximum absolute atomic E-state index is 13.0. The maximum Gasteiger partial charge on any atom is 0.147 e. The van der Waals surface area contributed by atoms with E-state index in [9.17, 15) is 4.39 Å². The lowest BCUT2D eigenvalue weighted by atomic mass is 10.2. The molecule has 1 atom stereocenters. The molecule has 1 aliphatic rings. The second-order valence-electron chi connectivity index (χ2n) is 3.04. The summed E-state index contributed by atoms with van der Waals surface area (Å²) in [5.74, 6) is 0.242. The number of methoxy groups -OCH3 is 1. The van der Waals surface area contributed by atoms with E-state index in [1.54, 1.807) is 0 Å². The average molecular weight is 182 g/mol. The Labute approximate surface area is 75.9 Å². The monoisotopic (exact) mass is 182 g/mol. The summed E-state index contributed by atoms with van der Waals surface area (Å²) in [7, 11) is 1.53. The first-order valence-corrected chi connectivity index (χ1v) is 4.11. The largest absolute Gasteiger partial charge is 0.494 e. The fraction of sp³-hybridized carbons (Fsp3) is 0.333. The summed E-state index contributed by atoms with van der Waals surface area (Å²) >= 11 is 0. The maximum atomic E-state index is 13.0. The molecule has 0 saturated carbocycles. The van der Waals surface area contributed by atoms with Crippen LogP contribution in [0.25, 0.3) is 0 Å². The molecular weight excluding hydrogens is 171 g/mol. The van der Waals surface area contributed by atoms with Gasteiger partial charge in [-0.1, -0.05) is 0 Å². The molecule has 2 rings (SSSR count). The van der Waals surface area contributed by atoms with Crippen LogP contribution in [0, 0.1) is 5.82 Å². The van der Waals surface area contributed by atoms with E-state index >= 15 is 0 Å². The average Bonchev–Trinajstić information content (AvgIpc) is 2.43. The van der Waals surface area contributed by atoms with Crippen LogP contribution in [0.1, 0.15) is 6.92 Å². The van der Waals surface area contributed by atoms with Gasteiger partial charge in [-0.05, 0) is 13.0 Å². The van der Waals surface area contributed by atoms with E-state index in [1.807, 2.05) is 6.92 Å². The van der Waals surface area contributed by atoms with Gasteiger partial charge in [0.2, 0.25) is 0 Å². The molecule has 13 heavy (non-hydrogen) atoms. The van der Waals surface area contributed by atoms with Crippen LogP contribution in [0.5, 0.6) is 5.75 Å². The second-order valence-corrected chi connectivity index (χ2v) is 3.04. The Morgan fingerprint density at radius 1 is 1.38 bits per heavy atom. The third kappa shape index (κ3) is 1.28. The van der Waals surface area contributed by atoms with Crippen molar-refractivity contribution < 1.29 is 9.13 Å². The first-order chi connectivity index (χ1) is 6.20. The molecule has 0 saturated heterocycles. The van der Waals surface area contributed by atoms with E-state index < -0.39 is 0 Å². The lowest BCUT2D eigenvalue weighted by Gasteiger charge is -2.06. The van der Waals surface area contributed by atoms with Crippen LogP contribution in [0.3, 0.4) is 0 Å². The van der Waals surface area contributed by atoms with Gasteiger partial charge in [-0.15, -0.1) is 0 Å². The molecule has 4 heteroatoms. The number of ether oxygens (including phenoxy) is 1. The fourth-order valence-electron chi connectivity index (χ4n) is 1.49. The third-order valence-electron chi connectivity index (χ3n) is 2.02. The highest BCUT2D eigenvalue weighted by atomic mass is 19.1. The molecule has 2 N–H and O–H groups in total. The Kier molecular flexibility index (Phi) is 1.76. The van der Waals surface area contributed by atoms with Crippen LogP contribution >= 0.6 is 0 Å². The van der Waals surface area contributed by atoms with Crippen LogP contribution in [-0.2, 0) is 0 Å². The first kappa shape index (κ1) is 8.16. The van der Waals surface area contributed by atoms with Crippen LogP contribution < -0.4 is 15.4 Å². The lowest BCUT2D eigenvalue weighted by Crippen LogP contribution is -2.16. The highest BCUT2D eigenvalue weighted by Crippen LogP contribution is 2.38. The van der Waals surface area contributed by atoms with E-state index in [4.69, 9.17) is 4.74 Å². The number of benzene rings is 1. The first-order valence-electron chi connectivity index (χ1n) is 4.11. The summed E-state index contributed by atoms with van der Waals surface area (Å²) in [6.07, 6.45) is 0.116. The van der Waals surface area contributed by atoms with Crippen molar-refractivity contribution in [3.63, 3.8) is 0 Å². The van der Waals surface area contributed by atoms with Gasteiger partial charge in [-0.2, -0.15) is 0 Å². The Morgan fingerprint density at radius 3 is 2.85 bits per heavy atom. The number of halogens is 1. The highest BCUT2D eigenvalue weighted by Gasteiger charge is 2.20. The summed E-state index contributed by atoms with van der Waals surface area (Å²) in [5, 5.41) is 6.22. The van der Waals surface area contributed by atoms with Crippen LogP contribution in [0.2, 0.25) is 0 Å². The van der Waals surface area contributed by atoms with Gasteiger partial charge in [0, 0.05) is 6.07 Å². The zero-order chi connectivity index (χ0) is 9.42. The zero-order valence-electron chi connectivity index (χ0n) is 7.52. The number of rotatable bonds is 1. The number of hydrogen-bond donors (Lipinski definition) is 2. The molecule has 1 unspecified atom stereocenters. The van der Waals surface area contributed by atoms with Crippen molar-refractivity contribution in [2.24, 2.45) is 0 Å². The molecule has 0 aromatic heterocycles. The normalized spacial score (nSPS) is 18.8. The number of hydrogen-bond acceptors (Lipinski definition) is 3. The Hall–Kier alpha value is -1.45. The summed E-state index contributed by atoms with van der Waals surface area (Å²) in [6, 6.07) is 2.82. The van der Waals surface area contributed by atoms with Crippen molar-refractivity contribution in [2.45, 2.75) is 13.1 Å². The van der Waals surface area contributed by atoms with Crippen molar-refractivity contribution in [1.82, 2.24) is 0 Å². The molecule has 1 aromatic rings. The van der Waals surface area contributed by atoms with Gasteiger partial charge in [0.15, 0.2) is 0 Å². The molecule has 0 amide bonds. The minimum atomic E-state index is -0.293. The smallest absolute Gasteiger partial charge is 0.147 e. The van der Waals surface area contributed by atoms with Crippen molar-refractivity contribution >= 4 is 11.4 Å². The number of nitrogens with one attached hydrogen (secondary N) is 2. The molecule has 0 spiro atoms. The molecule has 0 bridgehead atoms. The minimum absolute atomic E-state index is 0.116. The molecule has 0 fully saturated rings. The van der Waals surface area contributed by atoms with Gasteiger partial charge in [0.05, 0.1) is 19.0 Å². The second kappa shape index (κ2) is 2.80. The van der Waals surface area contributed by atoms with Crippen LogP contribution in [0.15, 0.2) is 12.1 Å². The van der Waals surface area contributed by atoms with E-state index in [0.29, 0.717) is 5.75 Å². The number of fused-ring (bicyclic) bond motifs is 1. The van der Waals surface area contributed by atoms with Crippen LogP contribution in [0.4, 0.5) is 15.8 Å². The summed E-state index contributed by atoms with van der Waals surface area (Å²) in [6.45, 7) is 1.96. The van der Waals surface area contributed by atoms with Crippen LogP contribution in [-0.4, -0.2) is 13.3 Å². The summed E-state index contributed by atoms with van der Waals surface area (Å²) < 4.78 is 18.0. The molecule has 3 nitrogen and oxygen atoms in total. The van der Waals surface area contributed by atoms with Crippen molar-refractivity contribution in [1.29, 1.82) is 0 Å². The van der Waals surface area contributed by atoms with Gasteiger partial charge >= 0.3 is 0 Å². The topological polar surface area (TPSA) is 33.3 Å². The van der Waals surface area contributed by atoms with E-state index in [1.165, 1.54) is 19.2 Å². The third-order valence-corrected chi connectivity index (χ3v) is 2.02. The standard InChI is InChI=1S/C9H11FN2O/c1-5-11-7-3-6(10)4-8(13-2)9(7)12-5/h3-5,11-12H,1-2H3. The van der Waals surface area contributed by atoms with Crippen molar-refractivity contribution in [3.8, 4) is 5.75 Å². The molecule has 70 valence electrons. The zero-order valence-corrected chi connectivity index (χ0v) is 7.52. The van der Waals surface area contributed by atoms with E-state index in [-0.39, 0.29) is 12.0 Å². The van der Waals surface area contributed by atoms with Gasteiger partial charge in [0.1, 0.15) is 17.3 Å². The Morgan fingerprint density at radius 2 is 2.15 bits per heavy atom. The van der Waals surface area contributed by atoms with Gasteiger partial charge < -0.3 is 15.4 Å². The summed E-state index contributed by atoms with van der Waals surface area (Å²) in [5.41, 5.74) is 1.58. The molecule has 0 aliphatic carbocycles. The Balaban J connectivity index is 2.50. The highest BCUT2D eigenvalue weighted by molar-refractivity contribution is 5.80. The molecule has 1 aromatic carbocycles. The van der Waals surface area contributed by atoms with E-state index in [0.717, 1.165) is 11.4 Å². The molecular formula is C9H11FN2O. The van der Waals surface area contributed by atoms with Gasteiger partial charge in [0.25, 0.3) is 0 Å². The van der Waals surface area contributed by atoms with Gasteiger partial charge in [-0.3, -0.25) is 0 Å². The van der Waals surface area contributed by atoms with Gasteiger partial charge in [-0.25, -0.2) is 4.39 Å². The van der Waals surface area contributed by atoms with Crippen molar-refractivity contribution in [3.05, 3.63) is 17.9 Å². The molecule has 0 radical (unpaired) electrons. The molecule has 1 aliphatic heterocycles. The van der Waals surface area contributed by atoms with Crippen molar-refractivity contribution in [2.75, 3.05) is 17.7 Å². The molecule has 1 heterocycles. The predicted molar refractivity (Wildman–Crippen MR) is 49.7 cm³/mol. The SMILES string of the molecule is COc1cc(F)cc2c1NC(C)N2. The summed E-state index contributed by atoms with van der Waals surface area (Å²) in [4.78, 5) is 0. The quantitative estimate of drug-likeness (QED) is 0.697. The Bertz CT molecular complexity index is 341. The lowest BCUT2D eigenvalue weighted by molar-refractivity contribution is 0.413. The minimum Gasteiger partial charge on any atom is -0.494 e.